The van der Waals surface area contributed by atoms with E-state index in [0.29, 0.717) is 32.9 Å². The number of carbonyl (C=O) groups is 2. The minimum absolute atomic E-state index is 0.171. The van der Waals surface area contributed by atoms with Gasteiger partial charge in [-0.2, -0.15) is 0 Å². The van der Waals surface area contributed by atoms with E-state index in [-0.39, 0.29) is 24.2 Å². The number of carbonyl (C=O) groups excluding carboxylic acids is 2. The van der Waals surface area contributed by atoms with E-state index in [1.165, 1.54) is 0 Å². The molecule has 0 bridgehead atoms. The van der Waals surface area contributed by atoms with Crippen LogP contribution in [0.3, 0.4) is 0 Å². The third-order valence-electron chi connectivity index (χ3n) is 3.58. The van der Waals surface area contributed by atoms with Crippen molar-refractivity contribution in [2.45, 2.75) is 46.0 Å². The van der Waals surface area contributed by atoms with Gasteiger partial charge in [-0.3, -0.25) is 9.59 Å². The normalized spacial score (nSPS) is 14.7. The molecule has 0 heterocycles. The molecule has 5 heteroatoms. The first-order valence-corrected chi connectivity index (χ1v) is 7.71. The molecular weight excluding hydrogens is 258 g/mol. The Morgan fingerprint density at radius 3 is 2.45 bits per heavy atom. The molecular formula is C15H27NO4. The highest BCUT2D eigenvalue weighted by molar-refractivity contribution is 5.80. The van der Waals surface area contributed by atoms with Crippen molar-refractivity contribution in [1.29, 1.82) is 0 Å². The fraction of sp³-hybridized carbons (Fsp3) is 0.867. The van der Waals surface area contributed by atoms with E-state index in [1.54, 1.807) is 11.8 Å². The van der Waals surface area contributed by atoms with Gasteiger partial charge in [0.2, 0.25) is 5.91 Å². The largest absolute Gasteiger partial charge is 0.466 e. The Hall–Kier alpha value is -1.10. The van der Waals surface area contributed by atoms with Crippen molar-refractivity contribution in [1.82, 2.24) is 4.90 Å². The van der Waals surface area contributed by atoms with Crippen LogP contribution in [0.2, 0.25) is 0 Å². The lowest BCUT2D eigenvalue weighted by Gasteiger charge is -2.31. The summed E-state index contributed by atoms with van der Waals surface area (Å²) in [6.45, 7) is 6.60. The van der Waals surface area contributed by atoms with Crippen molar-refractivity contribution >= 4 is 11.9 Å². The summed E-state index contributed by atoms with van der Waals surface area (Å²) in [6, 6.07) is 0. The van der Waals surface area contributed by atoms with Crippen molar-refractivity contribution in [2.24, 2.45) is 5.92 Å². The zero-order valence-corrected chi connectivity index (χ0v) is 12.7. The van der Waals surface area contributed by atoms with Crippen LogP contribution in [-0.4, -0.2) is 49.7 Å². The summed E-state index contributed by atoms with van der Waals surface area (Å²) in [6.07, 6.45) is 4.21. The third-order valence-corrected chi connectivity index (χ3v) is 3.58. The highest BCUT2D eigenvalue weighted by Gasteiger charge is 2.29. The van der Waals surface area contributed by atoms with Crippen LogP contribution in [0, 0.1) is 5.92 Å². The van der Waals surface area contributed by atoms with Gasteiger partial charge in [-0.15, -0.1) is 0 Å². The number of ether oxygens (including phenoxy) is 2. The number of hydrogen-bond donors (Lipinski definition) is 0. The van der Waals surface area contributed by atoms with Crippen LogP contribution in [0.4, 0.5) is 0 Å². The van der Waals surface area contributed by atoms with Gasteiger partial charge in [0.15, 0.2) is 0 Å². The first-order valence-electron chi connectivity index (χ1n) is 7.71. The molecule has 1 aliphatic carbocycles. The molecule has 0 aromatic carbocycles. The lowest BCUT2D eigenvalue weighted by molar-refractivity contribution is -0.145. The maximum absolute atomic E-state index is 12.3. The molecule has 0 atom stereocenters. The quantitative estimate of drug-likeness (QED) is 0.455. The lowest BCUT2D eigenvalue weighted by atomic mass is 9.84. The predicted molar refractivity (Wildman–Crippen MR) is 76.3 cm³/mol. The molecule has 0 aromatic heterocycles. The van der Waals surface area contributed by atoms with Gasteiger partial charge in [0, 0.05) is 32.2 Å². The SMILES string of the molecule is CCOCCCN(CCC(=O)OCC)C(=O)C1CCC1. The fourth-order valence-corrected chi connectivity index (χ4v) is 2.21. The average Bonchev–Trinajstić information content (AvgIpc) is 2.36. The van der Waals surface area contributed by atoms with Crippen molar-refractivity contribution < 1.29 is 19.1 Å². The van der Waals surface area contributed by atoms with Crippen LogP contribution in [0.5, 0.6) is 0 Å². The standard InChI is InChI=1S/C15H27NO4/c1-3-19-12-6-10-16(11-9-14(17)20-4-2)15(18)13-7-5-8-13/h13H,3-12H2,1-2H3. The van der Waals surface area contributed by atoms with E-state index in [2.05, 4.69) is 0 Å². The van der Waals surface area contributed by atoms with Crippen LogP contribution in [-0.2, 0) is 19.1 Å². The number of nitrogens with zero attached hydrogens (tertiary/aromatic N) is 1. The predicted octanol–water partition coefficient (Wildman–Crippen LogP) is 1.99. The monoisotopic (exact) mass is 285 g/mol. The van der Waals surface area contributed by atoms with E-state index in [1.807, 2.05) is 6.92 Å². The molecule has 1 rings (SSSR count). The van der Waals surface area contributed by atoms with Gasteiger partial charge in [-0.25, -0.2) is 0 Å². The Bertz CT molecular complexity index is 302. The Morgan fingerprint density at radius 2 is 1.90 bits per heavy atom. The third kappa shape index (κ3) is 5.90. The topological polar surface area (TPSA) is 55.8 Å². The van der Waals surface area contributed by atoms with Crippen LogP contribution in [0.1, 0.15) is 46.0 Å². The van der Waals surface area contributed by atoms with E-state index < -0.39 is 0 Å². The van der Waals surface area contributed by atoms with Crippen LogP contribution in [0.15, 0.2) is 0 Å². The number of esters is 1. The van der Waals surface area contributed by atoms with E-state index in [9.17, 15) is 9.59 Å². The second-order valence-electron chi connectivity index (χ2n) is 5.06. The molecule has 116 valence electrons. The zero-order valence-electron chi connectivity index (χ0n) is 12.7. The first-order chi connectivity index (χ1) is 9.69. The molecule has 0 N–H and O–H groups in total. The second-order valence-corrected chi connectivity index (χ2v) is 5.06. The lowest BCUT2D eigenvalue weighted by Crippen LogP contribution is -2.41. The van der Waals surface area contributed by atoms with Crippen LogP contribution in [0.25, 0.3) is 0 Å². The van der Waals surface area contributed by atoms with Crippen LogP contribution >= 0.6 is 0 Å². The maximum Gasteiger partial charge on any atom is 0.307 e. The van der Waals surface area contributed by atoms with Gasteiger partial charge in [-0.1, -0.05) is 6.42 Å². The van der Waals surface area contributed by atoms with Crippen LogP contribution < -0.4 is 0 Å². The van der Waals surface area contributed by atoms with Gasteiger partial charge in [0.05, 0.1) is 13.0 Å². The molecule has 0 unspecified atom stereocenters. The number of hydrogen-bond acceptors (Lipinski definition) is 4. The summed E-state index contributed by atoms with van der Waals surface area (Å²) in [5.41, 5.74) is 0. The molecule has 1 amide bonds. The Morgan fingerprint density at radius 1 is 1.15 bits per heavy atom. The molecule has 5 nitrogen and oxygen atoms in total. The molecule has 1 fully saturated rings. The molecule has 1 aliphatic rings. The maximum atomic E-state index is 12.3. The van der Waals surface area contributed by atoms with E-state index >= 15 is 0 Å². The smallest absolute Gasteiger partial charge is 0.307 e. The summed E-state index contributed by atoms with van der Waals surface area (Å²) in [4.78, 5) is 25.5. The first kappa shape index (κ1) is 17.0. The molecule has 0 aliphatic heterocycles. The minimum atomic E-state index is -0.233. The van der Waals surface area contributed by atoms with E-state index in [4.69, 9.17) is 9.47 Å². The van der Waals surface area contributed by atoms with Crippen molar-refractivity contribution in [3.8, 4) is 0 Å². The van der Waals surface area contributed by atoms with Crippen molar-refractivity contribution in [3.63, 3.8) is 0 Å². The summed E-state index contributed by atoms with van der Waals surface area (Å²) < 4.78 is 10.2. The van der Waals surface area contributed by atoms with Gasteiger partial charge in [-0.05, 0) is 33.1 Å². The van der Waals surface area contributed by atoms with Gasteiger partial charge < -0.3 is 14.4 Å². The molecule has 0 spiro atoms. The summed E-state index contributed by atoms with van der Waals surface area (Å²) in [5.74, 6) is 0.130. The highest BCUT2D eigenvalue weighted by atomic mass is 16.5. The fourth-order valence-electron chi connectivity index (χ4n) is 2.21. The highest BCUT2D eigenvalue weighted by Crippen LogP contribution is 2.28. The Labute approximate surface area is 121 Å². The zero-order chi connectivity index (χ0) is 14.8. The minimum Gasteiger partial charge on any atom is -0.466 e. The molecule has 20 heavy (non-hydrogen) atoms. The van der Waals surface area contributed by atoms with E-state index in [0.717, 1.165) is 25.7 Å². The van der Waals surface area contributed by atoms with Gasteiger partial charge >= 0.3 is 5.97 Å². The van der Waals surface area contributed by atoms with Crippen molar-refractivity contribution in [2.75, 3.05) is 32.9 Å². The van der Waals surface area contributed by atoms with Crippen molar-refractivity contribution in [3.05, 3.63) is 0 Å². The second kappa shape index (κ2) is 9.75. The summed E-state index contributed by atoms with van der Waals surface area (Å²) in [7, 11) is 0. The van der Waals surface area contributed by atoms with Gasteiger partial charge in [0.25, 0.3) is 0 Å². The molecule has 0 saturated heterocycles. The average molecular weight is 285 g/mol. The summed E-state index contributed by atoms with van der Waals surface area (Å²) >= 11 is 0. The molecule has 1 saturated carbocycles. The number of amides is 1. The Balaban J connectivity index is 2.36. The summed E-state index contributed by atoms with van der Waals surface area (Å²) in [5, 5.41) is 0. The van der Waals surface area contributed by atoms with Gasteiger partial charge in [0.1, 0.15) is 0 Å². The Kier molecular flexibility index (Phi) is 8.26. The molecule has 0 aromatic rings. The number of rotatable bonds is 10. The molecule has 0 radical (unpaired) electrons.